The van der Waals surface area contributed by atoms with Crippen LogP contribution in [0.5, 0.6) is 0 Å². The highest BCUT2D eigenvalue weighted by molar-refractivity contribution is 5.91. The monoisotopic (exact) mass is 1290 g/mol. The van der Waals surface area contributed by atoms with Crippen LogP contribution >= 0.6 is 0 Å². The molecule has 3 saturated carbocycles. The molecular formula is C73H106N8O12. The number of hydrogen-bond donors (Lipinski definition) is 1. The summed E-state index contributed by atoms with van der Waals surface area (Å²) in [5.41, 5.74) is 1.64. The molecule has 0 radical (unpaired) electrons. The largest absolute Gasteiger partial charge is 0.460 e. The molecule has 3 fully saturated rings. The standard InChI is InChI=1S/C27H37N3O4.C26H37N3O4.C20H32N2O4/c1-27(2,3)33-23(31)16-20(15-9-12-19-10-5-4-6-11-19)25-28-24(29-34-25)26(32)30-17-21-13-7-8-14-22(21)18-30;1-26(2,3)32-22(30)17-21(16-10-15-19-11-6-4-7-12-19)25-28-23(29-33-25)24(31)27-18-20-13-8-5-9-14-20;1-14(23)18-21-19(26-22-18)16(13-17(24)25-20(2,3)4)12-8-11-15-9-6-5-7-10-15/h7-8,13-14,19-20H,4-6,9-12,15-18H2,1-3H3;5,8-9,13-14,19,21H,4,6-7,10-12,15-18H2,1-3H3,(H,27,31);15-16H,5-13H2,1-4H3/t20-;21-;16-/m111/s1. The van der Waals surface area contributed by atoms with E-state index in [0.29, 0.717) is 37.3 Å². The Labute approximate surface area is 551 Å². The summed E-state index contributed by atoms with van der Waals surface area (Å²) < 4.78 is 32.8. The second-order valence-electron chi connectivity index (χ2n) is 29.3. The van der Waals surface area contributed by atoms with Crippen LogP contribution in [0, 0.1) is 17.8 Å². The predicted molar refractivity (Wildman–Crippen MR) is 351 cm³/mol. The highest BCUT2D eigenvalue weighted by atomic mass is 16.6. The zero-order chi connectivity index (χ0) is 67.0. The number of aromatic nitrogens is 6. The normalized spacial score (nSPS) is 16.7. The van der Waals surface area contributed by atoms with Gasteiger partial charge in [0.05, 0.1) is 19.3 Å². The highest BCUT2D eigenvalue weighted by Gasteiger charge is 2.33. The van der Waals surface area contributed by atoms with Crippen molar-refractivity contribution >= 4 is 35.5 Å². The van der Waals surface area contributed by atoms with E-state index in [1.165, 1.54) is 110 Å². The summed E-state index contributed by atoms with van der Waals surface area (Å²) in [4.78, 5) is 89.1. The van der Waals surface area contributed by atoms with E-state index in [2.05, 4.69) is 35.7 Å². The van der Waals surface area contributed by atoms with Crippen LogP contribution in [0.1, 0.15) is 327 Å². The van der Waals surface area contributed by atoms with E-state index >= 15 is 0 Å². The van der Waals surface area contributed by atoms with Gasteiger partial charge in [-0.05, 0) is 116 Å². The first-order chi connectivity index (χ1) is 44.3. The lowest BCUT2D eigenvalue weighted by Gasteiger charge is -2.23. The number of esters is 3. The Balaban J connectivity index is 0.000000200. The van der Waals surface area contributed by atoms with Gasteiger partial charge in [-0.15, -0.1) is 0 Å². The van der Waals surface area contributed by atoms with Crippen LogP contribution < -0.4 is 5.32 Å². The fourth-order valence-electron chi connectivity index (χ4n) is 13.1. The SMILES string of the molecule is CC(=O)c1noc([C@H](CCCC2CCCCC2)CC(=O)OC(C)(C)C)n1.CC(C)(C)OC(=O)C[C@@H](CCCC1CCCCC1)c1nc(C(=O)N2Cc3ccccc3C2)no1.CC(C)(C)OC(=O)C[C@@H](CCCC1CCCCC1)c1nc(C(=O)NCc2ccccc2)no1. The van der Waals surface area contributed by atoms with Crippen molar-refractivity contribution in [2.75, 3.05) is 0 Å². The van der Waals surface area contributed by atoms with Crippen molar-refractivity contribution < 1.29 is 56.5 Å². The average Bonchev–Trinajstić information content (AvgIpc) is 1.76. The third-order valence-corrected chi connectivity index (χ3v) is 17.7. The number of carbonyl (C=O) groups is 6. The molecule has 1 aliphatic heterocycles. The molecule has 0 spiro atoms. The molecule has 5 aromatic rings. The van der Waals surface area contributed by atoms with Crippen molar-refractivity contribution in [3.8, 4) is 0 Å². The Bertz CT molecular complexity index is 3090. The van der Waals surface area contributed by atoms with E-state index in [-0.39, 0.29) is 84.1 Å². The molecule has 9 rings (SSSR count). The van der Waals surface area contributed by atoms with Crippen molar-refractivity contribution in [2.24, 2.45) is 17.8 Å². The van der Waals surface area contributed by atoms with Crippen LogP contribution in [0.25, 0.3) is 0 Å². The Morgan fingerprint density at radius 3 is 1.19 bits per heavy atom. The highest BCUT2D eigenvalue weighted by Crippen LogP contribution is 2.36. The quantitative estimate of drug-likeness (QED) is 0.0306. The lowest BCUT2D eigenvalue weighted by Crippen LogP contribution is -2.26. The Kier molecular flexibility index (Phi) is 28.3. The lowest BCUT2D eigenvalue weighted by atomic mass is 9.84. The van der Waals surface area contributed by atoms with Gasteiger partial charge in [0.15, 0.2) is 0 Å². The van der Waals surface area contributed by atoms with E-state index in [9.17, 15) is 28.8 Å². The number of nitrogens with one attached hydrogen (secondary N) is 1. The molecule has 0 bridgehead atoms. The van der Waals surface area contributed by atoms with Crippen LogP contribution in [-0.4, -0.2) is 87.6 Å². The summed E-state index contributed by atoms with van der Waals surface area (Å²) in [5.74, 6) is 1.06. The summed E-state index contributed by atoms with van der Waals surface area (Å²) in [6.07, 6.45) is 29.1. The smallest absolute Gasteiger partial charge is 0.307 e. The molecule has 20 nitrogen and oxygen atoms in total. The minimum absolute atomic E-state index is 0.0117. The zero-order valence-electron chi connectivity index (χ0n) is 57.4. The van der Waals surface area contributed by atoms with Crippen LogP contribution in [0.3, 0.4) is 0 Å². The minimum Gasteiger partial charge on any atom is -0.460 e. The number of hydrogen-bond acceptors (Lipinski definition) is 18. The number of fused-ring (bicyclic) bond motifs is 1. The Morgan fingerprint density at radius 1 is 0.484 bits per heavy atom. The van der Waals surface area contributed by atoms with Crippen LogP contribution in [0.4, 0.5) is 0 Å². The predicted octanol–water partition coefficient (Wildman–Crippen LogP) is 16.2. The maximum absolute atomic E-state index is 13.0. The number of benzene rings is 2. The molecule has 3 aliphatic carbocycles. The van der Waals surface area contributed by atoms with Gasteiger partial charge >= 0.3 is 17.9 Å². The van der Waals surface area contributed by atoms with Crippen LogP contribution in [0.2, 0.25) is 0 Å². The van der Waals surface area contributed by atoms with E-state index in [4.69, 9.17) is 27.8 Å². The fraction of sp³-hybridized carbons (Fsp3) is 0.671. The third-order valence-electron chi connectivity index (χ3n) is 17.7. The maximum Gasteiger partial charge on any atom is 0.307 e. The third kappa shape index (κ3) is 26.3. The summed E-state index contributed by atoms with van der Waals surface area (Å²) in [6.45, 7) is 19.6. The van der Waals surface area contributed by atoms with Gasteiger partial charge in [-0.25, -0.2) is 0 Å². The molecule has 93 heavy (non-hydrogen) atoms. The van der Waals surface area contributed by atoms with Gasteiger partial charge in [0.2, 0.25) is 29.3 Å². The van der Waals surface area contributed by atoms with E-state index in [1.54, 1.807) is 4.90 Å². The first-order valence-corrected chi connectivity index (χ1v) is 34.7. The van der Waals surface area contributed by atoms with Crippen molar-refractivity contribution in [2.45, 2.75) is 297 Å². The molecule has 20 heteroatoms. The summed E-state index contributed by atoms with van der Waals surface area (Å²) >= 11 is 0. The van der Waals surface area contributed by atoms with E-state index in [0.717, 1.165) is 85.8 Å². The molecule has 0 saturated heterocycles. The summed E-state index contributed by atoms with van der Waals surface area (Å²) in [6, 6.07) is 17.7. The second kappa shape index (κ2) is 36.0. The molecule has 0 unspecified atom stereocenters. The van der Waals surface area contributed by atoms with Gasteiger partial charge in [-0.2, -0.15) is 15.0 Å². The number of amides is 2. The lowest BCUT2D eigenvalue weighted by molar-refractivity contribution is -0.156. The average molecular weight is 1290 g/mol. The van der Waals surface area contributed by atoms with Gasteiger partial charge in [-0.3, -0.25) is 28.8 Å². The summed E-state index contributed by atoms with van der Waals surface area (Å²) in [7, 11) is 0. The molecule has 3 aromatic heterocycles. The minimum atomic E-state index is -0.555. The van der Waals surface area contributed by atoms with Gasteiger partial charge in [0.25, 0.3) is 23.5 Å². The van der Waals surface area contributed by atoms with Crippen LogP contribution in [-0.2, 0) is 48.2 Å². The Hall–Kier alpha value is -7.12. The molecule has 4 heterocycles. The van der Waals surface area contributed by atoms with Crippen molar-refractivity contribution in [1.82, 2.24) is 40.6 Å². The van der Waals surface area contributed by atoms with E-state index < -0.39 is 22.7 Å². The Morgan fingerprint density at radius 2 is 0.828 bits per heavy atom. The maximum atomic E-state index is 13.0. The van der Waals surface area contributed by atoms with Gasteiger partial charge in [0.1, 0.15) is 16.8 Å². The topological polar surface area (TPSA) is 262 Å². The van der Waals surface area contributed by atoms with Crippen LogP contribution in [0.15, 0.2) is 68.2 Å². The van der Waals surface area contributed by atoms with Crippen molar-refractivity contribution in [1.29, 1.82) is 0 Å². The molecule has 510 valence electrons. The molecular weight excluding hydrogens is 1180 g/mol. The molecule has 1 N–H and O–H groups in total. The number of nitrogens with zero attached hydrogens (tertiary/aromatic N) is 7. The van der Waals surface area contributed by atoms with Gasteiger partial charge in [-0.1, -0.05) is 205 Å². The second-order valence-corrected chi connectivity index (χ2v) is 29.3. The van der Waals surface area contributed by atoms with Gasteiger partial charge < -0.3 is 38.0 Å². The molecule has 4 aliphatic rings. The molecule has 3 atom stereocenters. The molecule has 2 aromatic carbocycles. The van der Waals surface area contributed by atoms with Crippen molar-refractivity contribution in [3.63, 3.8) is 0 Å². The first-order valence-electron chi connectivity index (χ1n) is 34.7. The number of ketones is 1. The summed E-state index contributed by atoms with van der Waals surface area (Å²) in [5, 5.41) is 14.4. The number of ether oxygens (including phenoxy) is 3. The van der Waals surface area contributed by atoms with Crippen molar-refractivity contribution in [3.05, 3.63) is 106 Å². The molecule has 2 amide bonds. The zero-order valence-corrected chi connectivity index (χ0v) is 57.4. The van der Waals surface area contributed by atoms with E-state index in [1.807, 2.05) is 117 Å². The first kappa shape index (κ1) is 73.3. The number of carbonyl (C=O) groups excluding carboxylic acids is 6. The van der Waals surface area contributed by atoms with Gasteiger partial charge in [0, 0.05) is 44.3 Å². The number of rotatable bonds is 26. The number of Topliss-reactive ketones (excluding diaryl/α,β-unsaturated/α-hetero) is 1. The fourth-order valence-corrected chi connectivity index (χ4v) is 13.1.